The van der Waals surface area contributed by atoms with Gasteiger partial charge in [0.15, 0.2) is 5.82 Å². The second-order valence-electron chi connectivity index (χ2n) is 7.91. The quantitative estimate of drug-likeness (QED) is 0.449. The van der Waals surface area contributed by atoms with E-state index in [2.05, 4.69) is 35.6 Å². The molecular formula is C23H25N7O. The Morgan fingerprint density at radius 1 is 1.03 bits per heavy atom. The number of hydrogen-bond acceptors (Lipinski definition) is 5. The van der Waals surface area contributed by atoms with Crippen LogP contribution < -0.4 is 5.32 Å². The average Bonchev–Trinajstić information content (AvgIpc) is 3.50. The van der Waals surface area contributed by atoms with Crippen LogP contribution in [0.4, 0.5) is 0 Å². The van der Waals surface area contributed by atoms with Gasteiger partial charge in [0.25, 0.3) is 5.91 Å². The molecule has 1 saturated heterocycles. The number of benzene rings is 2. The van der Waals surface area contributed by atoms with Crippen molar-refractivity contribution < 1.29 is 4.79 Å². The van der Waals surface area contributed by atoms with Crippen molar-refractivity contribution in [2.45, 2.75) is 19.3 Å². The average molecular weight is 416 g/mol. The molecule has 158 valence electrons. The lowest BCUT2D eigenvalue weighted by molar-refractivity contribution is 0.0946. The van der Waals surface area contributed by atoms with Gasteiger partial charge in [-0.2, -0.15) is 10.2 Å². The fourth-order valence-electron chi connectivity index (χ4n) is 4.15. The van der Waals surface area contributed by atoms with Crippen LogP contribution in [0.25, 0.3) is 33.5 Å². The number of hydrogen-bond donors (Lipinski definition) is 3. The Hall–Kier alpha value is -3.52. The van der Waals surface area contributed by atoms with Crippen LogP contribution in [0.1, 0.15) is 29.6 Å². The van der Waals surface area contributed by atoms with Gasteiger partial charge in [0.05, 0.1) is 11.2 Å². The van der Waals surface area contributed by atoms with Gasteiger partial charge in [0.1, 0.15) is 6.33 Å². The van der Waals surface area contributed by atoms with E-state index in [4.69, 9.17) is 0 Å². The van der Waals surface area contributed by atoms with E-state index in [1.165, 1.54) is 25.6 Å². The Morgan fingerprint density at radius 2 is 1.94 bits per heavy atom. The number of carbonyl (C=O) groups excluding carboxylic acids is 1. The Bertz CT molecular complexity index is 1180. The predicted octanol–water partition coefficient (Wildman–Crippen LogP) is 3.23. The summed E-state index contributed by atoms with van der Waals surface area (Å²) in [6.07, 6.45) is 5.32. The van der Waals surface area contributed by atoms with Gasteiger partial charge >= 0.3 is 0 Å². The van der Waals surface area contributed by atoms with Gasteiger partial charge < -0.3 is 10.2 Å². The van der Waals surface area contributed by atoms with Crippen molar-refractivity contribution in [1.29, 1.82) is 0 Å². The van der Waals surface area contributed by atoms with Gasteiger partial charge in [0.2, 0.25) is 0 Å². The van der Waals surface area contributed by atoms with E-state index in [1.807, 2.05) is 42.5 Å². The Kier molecular flexibility index (Phi) is 5.45. The van der Waals surface area contributed by atoms with E-state index in [1.54, 1.807) is 0 Å². The SMILES string of the molecule is O=C(NCCN1CCCCC1)c1cccc(-c2n[nH]c3ccc(-c4ncn[nH]4)cc23)c1. The van der Waals surface area contributed by atoms with Gasteiger partial charge in [-0.15, -0.1) is 0 Å². The molecule has 4 aromatic rings. The lowest BCUT2D eigenvalue weighted by atomic mass is 10.0. The smallest absolute Gasteiger partial charge is 0.251 e. The number of nitrogens with zero attached hydrogens (tertiary/aromatic N) is 4. The van der Waals surface area contributed by atoms with Crippen molar-refractivity contribution in [2.24, 2.45) is 0 Å². The van der Waals surface area contributed by atoms with Crippen LogP contribution in [-0.2, 0) is 0 Å². The van der Waals surface area contributed by atoms with Gasteiger partial charge in [-0.05, 0) is 56.3 Å². The van der Waals surface area contributed by atoms with E-state index >= 15 is 0 Å². The molecule has 1 amide bonds. The first-order valence-electron chi connectivity index (χ1n) is 10.7. The number of aromatic nitrogens is 5. The maximum Gasteiger partial charge on any atom is 0.251 e. The van der Waals surface area contributed by atoms with Crippen molar-refractivity contribution in [3.05, 3.63) is 54.4 Å². The zero-order chi connectivity index (χ0) is 21.0. The molecule has 0 bridgehead atoms. The summed E-state index contributed by atoms with van der Waals surface area (Å²) in [6, 6.07) is 13.6. The maximum atomic E-state index is 12.7. The first kappa shape index (κ1) is 19.4. The molecule has 0 aliphatic carbocycles. The summed E-state index contributed by atoms with van der Waals surface area (Å²) in [5, 5.41) is 18.4. The molecule has 1 aliphatic heterocycles. The van der Waals surface area contributed by atoms with Crippen LogP contribution in [0.15, 0.2) is 48.8 Å². The van der Waals surface area contributed by atoms with Crippen LogP contribution in [0.2, 0.25) is 0 Å². The summed E-state index contributed by atoms with van der Waals surface area (Å²) >= 11 is 0. The number of carbonyl (C=O) groups is 1. The minimum Gasteiger partial charge on any atom is -0.351 e. The number of rotatable bonds is 6. The van der Waals surface area contributed by atoms with Gasteiger partial charge in [-0.1, -0.05) is 18.6 Å². The van der Waals surface area contributed by atoms with Crippen molar-refractivity contribution >= 4 is 16.8 Å². The van der Waals surface area contributed by atoms with Crippen molar-refractivity contribution in [3.8, 4) is 22.6 Å². The van der Waals surface area contributed by atoms with Crippen molar-refractivity contribution in [2.75, 3.05) is 26.2 Å². The molecule has 0 radical (unpaired) electrons. The van der Waals surface area contributed by atoms with E-state index in [0.29, 0.717) is 17.9 Å². The summed E-state index contributed by atoms with van der Waals surface area (Å²) in [5.41, 5.74) is 4.19. The lowest BCUT2D eigenvalue weighted by Gasteiger charge is -2.26. The highest BCUT2D eigenvalue weighted by atomic mass is 16.1. The fraction of sp³-hybridized carbons (Fsp3) is 0.304. The molecule has 2 aromatic heterocycles. The highest BCUT2D eigenvalue weighted by molar-refractivity contribution is 5.98. The summed E-state index contributed by atoms with van der Waals surface area (Å²) in [6.45, 7) is 3.83. The lowest BCUT2D eigenvalue weighted by Crippen LogP contribution is -2.37. The molecule has 0 saturated carbocycles. The van der Waals surface area contributed by atoms with E-state index < -0.39 is 0 Å². The van der Waals surface area contributed by atoms with Crippen LogP contribution in [0.3, 0.4) is 0 Å². The van der Waals surface area contributed by atoms with Gasteiger partial charge in [0, 0.05) is 35.2 Å². The van der Waals surface area contributed by atoms with E-state index in [9.17, 15) is 4.79 Å². The van der Waals surface area contributed by atoms with Gasteiger partial charge in [-0.25, -0.2) is 4.98 Å². The van der Waals surface area contributed by atoms with E-state index in [0.717, 1.165) is 47.4 Å². The third-order valence-electron chi connectivity index (χ3n) is 5.81. The highest BCUT2D eigenvalue weighted by Crippen LogP contribution is 2.29. The van der Waals surface area contributed by atoms with Crippen LogP contribution >= 0.6 is 0 Å². The number of nitrogens with one attached hydrogen (secondary N) is 3. The molecule has 2 aromatic carbocycles. The number of piperidine rings is 1. The number of likely N-dealkylation sites (tertiary alicyclic amines) is 1. The standard InChI is InChI=1S/C23H25N7O/c31-23(24-9-12-30-10-2-1-3-11-30)18-6-4-5-16(13-18)21-19-14-17(22-25-15-26-29-22)7-8-20(19)27-28-21/h4-8,13-15H,1-3,9-12H2,(H,24,31)(H,27,28)(H,25,26,29). The molecule has 8 heteroatoms. The number of H-pyrrole nitrogens is 2. The molecule has 0 spiro atoms. The maximum absolute atomic E-state index is 12.7. The molecular weight excluding hydrogens is 390 g/mol. The Morgan fingerprint density at radius 3 is 2.77 bits per heavy atom. The minimum absolute atomic E-state index is 0.0546. The fourth-order valence-corrected chi connectivity index (χ4v) is 4.15. The molecule has 1 aliphatic rings. The molecule has 5 rings (SSSR count). The molecule has 3 heterocycles. The van der Waals surface area contributed by atoms with E-state index in [-0.39, 0.29) is 5.91 Å². The minimum atomic E-state index is -0.0546. The summed E-state index contributed by atoms with van der Waals surface area (Å²) in [4.78, 5) is 19.3. The molecule has 0 unspecified atom stereocenters. The Labute approximate surface area is 180 Å². The molecule has 31 heavy (non-hydrogen) atoms. The number of amides is 1. The third kappa shape index (κ3) is 4.20. The monoisotopic (exact) mass is 415 g/mol. The highest BCUT2D eigenvalue weighted by Gasteiger charge is 2.14. The molecule has 8 nitrogen and oxygen atoms in total. The second kappa shape index (κ2) is 8.69. The second-order valence-corrected chi connectivity index (χ2v) is 7.91. The molecule has 1 fully saturated rings. The molecule has 3 N–H and O–H groups in total. The first-order chi connectivity index (χ1) is 15.3. The topological polar surface area (TPSA) is 103 Å². The summed E-state index contributed by atoms with van der Waals surface area (Å²) in [7, 11) is 0. The number of fused-ring (bicyclic) bond motifs is 1. The van der Waals surface area contributed by atoms with Gasteiger partial charge in [-0.3, -0.25) is 15.0 Å². The zero-order valence-electron chi connectivity index (χ0n) is 17.3. The van der Waals surface area contributed by atoms with Crippen molar-refractivity contribution in [1.82, 2.24) is 35.6 Å². The Balaban J connectivity index is 1.34. The largest absolute Gasteiger partial charge is 0.351 e. The van der Waals surface area contributed by atoms with Crippen molar-refractivity contribution in [3.63, 3.8) is 0 Å². The third-order valence-corrected chi connectivity index (χ3v) is 5.81. The van der Waals surface area contributed by atoms with Crippen LogP contribution in [-0.4, -0.2) is 62.4 Å². The van der Waals surface area contributed by atoms with Crippen LogP contribution in [0, 0.1) is 0 Å². The molecule has 0 atom stereocenters. The summed E-state index contributed by atoms with van der Waals surface area (Å²) in [5.74, 6) is 0.650. The predicted molar refractivity (Wildman–Crippen MR) is 120 cm³/mol. The normalized spacial score (nSPS) is 14.7. The first-order valence-corrected chi connectivity index (χ1v) is 10.7. The summed E-state index contributed by atoms with van der Waals surface area (Å²) < 4.78 is 0. The van der Waals surface area contributed by atoms with Crippen LogP contribution in [0.5, 0.6) is 0 Å². The zero-order valence-corrected chi connectivity index (χ0v) is 17.3. The number of aromatic amines is 2.